The maximum Gasteiger partial charge on any atom is 0.333 e. The van der Waals surface area contributed by atoms with E-state index < -0.39 is 22.5 Å². The van der Waals surface area contributed by atoms with Crippen molar-refractivity contribution in [2.75, 3.05) is 13.7 Å². The van der Waals surface area contributed by atoms with Gasteiger partial charge in [0, 0.05) is 18.9 Å². The van der Waals surface area contributed by atoms with Gasteiger partial charge in [0.25, 0.3) is 0 Å². The summed E-state index contributed by atoms with van der Waals surface area (Å²) in [6, 6.07) is 0. The molecule has 4 unspecified atom stereocenters. The first-order chi connectivity index (χ1) is 16.3. The first-order valence-electron chi connectivity index (χ1n) is 13.5. The molecule has 4 fully saturated rings. The Labute approximate surface area is 210 Å². The third-order valence-corrected chi connectivity index (χ3v) is 11.7. The van der Waals surface area contributed by atoms with Crippen LogP contribution in [0, 0.1) is 52.3 Å². The number of carbonyl (C=O) groups is 1. The van der Waals surface area contributed by atoms with Crippen molar-refractivity contribution < 1.29 is 32.7 Å². The first-order valence-corrected chi connectivity index (χ1v) is 14.9. The van der Waals surface area contributed by atoms with Gasteiger partial charge in [-0.3, -0.25) is 9.35 Å². The Morgan fingerprint density at radius 1 is 1.06 bits per heavy atom. The van der Waals surface area contributed by atoms with Crippen LogP contribution in [0.4, 0.5) is 0 Å². The number of aliphatic hydroxyl groups is 2. The van der Waals surface area contributed by atoms with E-state index in [1.54, 1.807) is 0 Å². The van der Waals surface area contributed by atoms with E-state index in [-0.39, 0.29) is 41.1 Å². The number of aliphatic hydroxyl groups excluding tert-OH is 2. The number of esters is 1. The highest BCUT2D eigenvalue weighted by Crippen LogP contribution is 2.69. The SMILES string of the molecule is COC(=O)CC[C@@H](C)[C@H]1CC[C@H]2C3[C@H](CNS(=O)(=O)O)[C@H](O)C4C[C@H](O)CCC4(C)[C@H]3CCC12C. The van der Waals surface area contributed by atoms with Gasteiger partial charge in [0.2, 0.25) is 0 Å². The Hall–Kier alpha value is -0.740. The summed E-state index contributed by atoms with van der Waals surface area (Å²) in [7, 11) is -2.95. The van der Waals surface area contributed by atoms with Crippen molar-refractivity contribution in [2.45, 2.75) is 90.8 Å². The lowest BCUT2D eigenvalue weighted by Gasteiger charge is -2.64. The minimum absolute atomic E-state index is 0.0129. The Kier molecular flexibility index (Phi) is 7.69. The van der Waals surface area contributed by atoms with Gasteiger partial charge in [0.15, 0.2) is 0 Å². The molecule has 0 aromatic heterocycles. The molecular formula is C26H45NO7S. The Morgan fingerprint density at radius 2 is 1.71 bits per heavy atom. The third kappa shape index (κ3) is 4.92. The second kappa shape index (κ2) is 9.86. The molecule has 0 amide bonds. The molecule has 8 nitrogen and oxygen atoms in total. The summed E-state index contributed by atoms with van der Waals surface area (Å²) in [6.45, 7) is 6.91. The van der Waals surface area contributed by atoms with Crippen LogP contribution in [0.5, 0.6) is 0 Å². The quantitative estimate of drug-likeness (QED) is 0.302. The minimum Gasteiger partial charge on any atom is -0.469 e. The van der Waals surface area contributed by atoms with Crippen LogP contribution in [-0.2, 0) is 19.8 Å². The second-order valence-electron chi connectivity index (χ2n) is 12.6. The van der Waals surface area contributed by atoms with E-state index in [1.165, 1.54) is 7.11 Å². The Morgan fingerprint density at radius 3 is 2.37 bits per heavy atom. The van der Waals surface area contributed by atoms with Crippen molar-refractivity contribution in [1.29, 1.82) is 0 Å². The molecule has 0 bridgehead atoms. The fourth-order valence-electron chi connectivity index (χ4n) is 9.50. The van der Waals surface area contributed by atoms with E-state index >= 15 is 0 Å². The van der Waals surface area contributed by atoms with Crippen LogP contribution in [0.25, 0.3) is 0 Å². The topological polar surface area (TPSA) is 133 Å². The maximum atomic E-state index is 11.8. The van der Waals surface area contributed by atoms with Gasteiger partial charge >= 0.3 is 16.3 Å². The average Bonchev–Trinajstić information content (AvgIpc) is 3.14. The van der Waals surface area contributed by atoms with Crippen molar-refractivity contribution in [3.8, 4) is 0 Å². The van der Waals surface area contributed by atoms with Crippen LogP contribution >= 0.6 is 0 Å². The summed E-state index contributed by atoms with van der Waals surface area (Å²) in [5.41, 5.74) is -0.0298. The predicted octanol–water partition coefficient (Wildman–Crippen LogP) is 3.18. The normalized spacial score (nSPS) is 46.3. The number of hydrogen-bond donors (Lipinski definition) is 4. The van der Waals surface area contributed by atoms with Crippen LogP contribution in [0.1, 0.15) is 78.6 Å². The van der Waals surface area contributed by atoms with Gasteiger partial charge in [-0.1, -0.05) is 20.8 Å². The fourth-order valence-corrected chi connectivity index (χ4v) is 9.91. The van der Waals surface area contributed by atoms with Gasteiger partial charge in [0.1, 0.15) is 0 Å². The largest absolute Gasteiger partial charge is 0.469 e. The Balaban J connectivity index is 1.64. The molecule has 4 rings (SSSR count). The summed E-state index contributed by atoms with van der Waals surface area (Å²) in [5, 5.41) is 22.1. The molecule has 0 aromatic rings. The highest BCUT2D eigenvalue weighted by atomic mass is 32.2. The molecule has 4 aliphatic carbocycles. The van der Waals surface area contributed by atoms with E-state index in [4.69, 9.17) is 4.74 Å². The van der Waals surface area contributed by atoms with Crippen molar-refractivity contribution >= 4 is 16.3 Å². The summed E-state index contributed by atoms with van der Waals surface area (Å²) in [5.74, 6) is 1.11. The molecule has 4 N–H and O–H groups in total. The van der Waals surface area contributed by atoms with Crippen molar-refractivity contribution in [2.24, 2.45) is 52.3 Å². The summed E-state index contributed by atoms with van der Waals surface area (Å²) in [4.78, 5) is 11.8. The number of ether oxygens (including phenoxy) is 1. The van der Waals surface area contributed by atoms with Crippen LogP contribution in [0.2, 0.25) is 0 Å². The van der Waals surface area contributed by atoms with Gasteiger partial charge in [-0.25, -0.2) is 0 Å². The van der Waals surface area contributed by atoms with Crippen molar-refractivity contribution in [3.05, 3.63) is 0 Å². The number of hydrogen-bond acceptors (Lipinski definition) is 6. The highest BCUT2D eigenvalue weighted by molar-refractivity contribution is 7.83. The van der Waals surface area contributed by atoms with Gasteiger partial charge < -0.3 is 14.9 Å². The molecule has 0 heterocycles. The standard InChI is InChI=1S/C26H45NO7S/c1-15(5-8-22(29)34-4)18-6-7-19-23-17(14-27-35(31,32)33)24(30)21-13-16(28)9-11-26(21,3)20(23)10-12-25(18,19)2/h15-21,23-24,27-28,30H,5-14H2,1-4H3,(H,31,32,33)/t15-,16-,17+,18-,19+,20+,21?,23?,24+,25?,26?/m1/s1. The van der Waals surface area contributed by atoms with E-state index in [0.717, 1.165) is 44.9 Å². The minimum atomic E-state index is -4.37. The lowest BCUT2D eigenvalue weighted by atomic mass is 9.41. The van der Waals surface area contributed by atoms with Crippen LogP contribution in [-0.4, -0.2) is 55.0 Å². The van der Waals surface area contributed by atoms with E-state index in [0.29, 0.717) is 36.5 Å². The van der Waals surface area contributed by atoms with Gasteiger partial charge in [-0.2, -0.15) is 13.1 Å². The van der Waals surface area contributed by atoms with Crippen LogP contribution < -0.4 is 4.72 Å². The van der Waals surface area contributed by atoms with Crippen LogP contribution in [0.3, 0.4) is 0 Å². The molecular weight excluding hydrogens is 470 g/mol. The molecule has 4 saturated carbocycles. The molecule has 0 radical (unpaired) electrons. The number of nitrogens with one attached hydrogen (secondary N) is 1. The van der Waals surface area contributed by atoms with Crippen molar-refractivity contribution in [3.63, 3.8) is 0 Å². The zero-order valence-electron chi connectivity index (χ0n) is 21.7. The monoisotopic (exact) mass is 515 g/mol. The summed E-state index contributed by atoms with van der Waals surface area (Å²) >= 11 is 0. The van der Waals surface area contributed by atoms with Gasteiger partial charge in [-0.05, 0) is 97.7 Å². The predicted molar refractivity (Wildman–Crippen MR) is 131 cm³/mol. The van der Waals surface area contributed by atoms with Crippen LogP contribution in [0.15, 0.2) is 0 Å². The average molecular weight is 516 g/mol. The summed E-state index contributed by atoms with van der Waals surface area (Å²) in [6.07, 6.45) is 6.41. The smallest absolute Gasteiger partial charge is 0.333 e. The van der Waals surface area contributed by atoms with Gasteiger partial charge in [0.05, 0.1) is 19.3 Å². The highest BCUT2D eigenvalue weighted by Gasteiger charge is 2.65. The zero-order chi connectivity index (χ0) is 25.8. The number of carbonyl (C=O) groups excluding carboxylic acids is 1. The molecule has 202 valence electrons. The van der Waals surface area contributed by atoms with Gasteiger partial charge in [-0.15, -0.1) is 0 Å². The second-order valence-corrected chi connectivity index (χ2v) is 13.9. The molecule has 9 heteroatoms. The molecule has 4 aliphatic rings. The molecule has 0 aliphatic heterocycles. The van der Waals surface area contributed by atoms with E-state index in [1.807, 2.05) is 0 Å². The molecule has 0 aromatic carbocycles. The molecule has 0 saturated heterocycles. The van der Waals surface area contributed by atoms with Crippen molar-refractivity contribution in [1.82, 2.24) is 4.72 Å². The molecule has 0 spiro atoms. The maximum absolute atomic E-state index is 11.8. The number of rotatable bonds is 7. The van der Waals surface area contributed by atoms with E-state index in [9.17, 15) is 28.0 Å². The third-order valence-electron chi connectivity index (χ3n) is 11.2. The zero-order valence-corrected chi connectivity index (χ0v) is 22.5. The lowest BCUT2D eigenvalue weighted by Crippen LogP contribution is -2.63. The number of fused-ring (bicyclic) bond motifs is 5. The number of methoxy groups -OCH3 is 1. The molecule has 35 heavy (non-hydrogen) atoms. The van der Waals surface area contributed by atoms with E-state index in [2.05, 4.69) is 25.5 Å². The fraction of sp³-hybridized carbons (Fsp3) is 0.962. The summed E-state index contributed by atoms with van der Waals surface area (Å²) < 4.78 is 39.8. The molecule has 11 atom stereocenters. The first kappa shape index (κ1) is 27.3. The Bertz CT molecular complexity index is 896. The lowest BCUT2D eigenvalue weighted by molar-refractivity contribution is -0.200.